The molecule has 1 aliphatic heterocycles. The minimum absolute atomic E-state index is 0.260. The summed E-state index contributed by atoms with van der Waals surface area (Å²) in [5.74, 6) is 1.28. The minimum Gasteiger partial charge on any atom is -0.367 e. The molecule has 106 valence electrons. The number of anilines is 1. The number of hydrogen-bond acceptors (Lipinski definition) is 6. The molecule has 0 aliphatic carbocycles. The number of sulfonamides is 1. The molecular weight excluding hydrogens is 268 g/mol. The largest absolute Gasteiger partial charge is 0.367 e. The van der Waals surface area contributed by atoms with E-state index in [2.05, 4.69) is 9.97 Å². The second-order valence-electron chi connectivity index (χ2n) is 4.65. The number of nitrogens with zero attached hydrogens (tertiary/aromatic N) is 4. The van der Waals surface area contributed by atoms with Crippen LogP contribution in [0.4, 0.5) is 5.82 Å². The van der Waals surface area contributed by atoms with Gasteiger partial charge in [0.2, 0.25) is 10.0 Å². The number of morpholine rings is 1. The Kier molecular flexibility index (Phi) is 4.02. The number of rotatable bonds is 3. The summed E-state index contributed by atoms with van der Waals surface area (Å²) in [6, 6.07) is 1.79. The van der Waals surface area contributed by atoms with Crippen LogP contribution in [0.1, 0.15) is 11.9 Å². The molecule has 1 aromatic rings. The van der Waals surface area contributed by atoms with Gasteiger partial charge in [0.05, 0.1) is 12.9 Å². The highest BCUT2D eigenvalue weighted by molar-refractivity contribution is 7.88. The Labute approximate surface area is 113 Å². The van der Waals surface area contributed by atoms with E-state index in [1.165, 1.54) is 10.6 Å². The van der Waals surface area contributed by atoms with Crippen LogP contribution in [0.3, 0.4) is 0 Å². The molecule has 8 heteroatoms. The summed E-state index contributed by atoms with van der Waals surface area (Å²) in [5.41, 5.74) is 0. The molecule has 1 atom stereocenters. The fourth-order valence-corrected chi connectivity index (χ4v) is 2.66. The second kappa shape index (κ2) is 5.40. The van der Waals surface area contributed by atoms with Gasteiger partial charge < -0.3 is 9.64 Å². The van der Waals surface area contributed by atoms with Crippen LogP contribution >= 0.6 is 0 Å². The molecule has 1 fully saturated rings. The maximum absolute atomic E-state index is 11.6. The van der Waals surface area contributed by atoms with E-state index in [9.17, 15) is 8.42 Å². The predicted octanol–water partition coefficient (Wildman–Crippen LogP) is -0.124. The topological polar surface area (TPSA) is 75.6 Å². The molecule has 1 aliphatic rings. The SMILES string of the molecule is CN(C)c1ccnc([C@H]2CN(S(C)(=O)=O)CCO2)n1. The number of ether oxygens (including phenoxy) is 1. The molecule has 0 amide bonds. The lowest BCUT2D eigenvalue weighted by atomic mass is 10.3. The Morgan fingerprint density at radius 3 is 2.84 bits per heavy atom. The van der Waals surface area contributed by atoms with E-state index in [4.69, 9.17) is 4.74 Å². The van der Waals surface area contributed by atoms with Gasteiger partial charge in [-0.15, -0.1) is 0 Å². The molecule has 1 saturated heterocycles. The molecule has 0 saturated carbocycles. The minimum atomic E-state index is -3.21. The normalized spacial score (nSPS) is 21.3. The van der Waals surface area contributed by atoms with Crippen molar-refractivity contribution in [3.05, 3.63) is 18.1 Å². The lowest BCUT2D eigenvalue weighted by Gasteiger charge is -2.30. The predicted molar refractivity (Wildman–Crippen MR) is 71.5 cm³/mol. The Bertz CT molecular complexity index is 547. The summed E-state index contributed by atoms with van der Waals surface area (Å²) in [4.78, 5) is 10.4. The van der Waals surface area contributed by atoms with Gasteiger partial charge in [0.25, 0.3) is 0 Å². The first kappa shape index (κ1) is 14.2. The Balaban J connectivity index is 2.20. The molecule has 0 aromatic carbocycles. The third-order valence-electron chi connectivity index (χ3n) is 2.90. The molecule has 19 heavy (non-hydrogen) atoms. The highest BCUT2D eigenvalue weighted by Gasteiger charge is 2.29. The summed E-state index contributed by atoms with van der Waals surface area (Å²) in [5, 5.41) is 0. The molecule has 2 heterocycles. The van der Waals surface area contributed by atoms with Crippen molar-refractivity contribution in [2.24, 2.45) is 0 Å². The smallest absolute Gasteiger partial charge is 0.211 e. The number of hydrogen-bond donors (Lipinski definition) is 0. The van der Waals surface area contributed by atoms with Crippen molar-refractivity contribution in [1.82, 2.24) is 14.3 Å². The fourth-order valence-electron chi connectivity index (χ4n) is 1.85. The van der Waals surface area contributed by atoms with Gasteiger partial charge in [-0.2, -0.15) is 4.31 Å². The van der Waals surface area contributed by atoms with E-state index in [0.717, 1.165) is 5.82 Å². The van der Waals surface area contributed by atoms with Gasteiger partial charge in [0.15, 0.2) is 5.82 Å². The summed E-state index contributed by atoms with van der Waals surface area (Å²) in [6.07, 6.45) is 2.44. The van der Waals surface area contributed by atoms with Gasteiger partial charge in [-0.3, -0.25) is 0 Å². The van der Waals surface area contributed by atoms with Crippen LogP contribution in [0.25, 0.3) is 0 Å². The summed E-state index contributed by atoms with van der Waals surface area (Å²) < 4.78 is 30.1. The highest BCUT2D eigenvalue weighted by Crippen LogP contribution is 2.21. The molecule has 7 nitrogen and oxygen atoms in total. The van der Waals surface area contributed by atoms with Gasteiger partial charge in [0.1, 0.15) is 11.9 Å². The Morgan fingerprint density at radius 1 is 1.47 bits per heavy atom. The van der Waals surface area contributed by atoms with Gasteiger partial charge in [-0.05, 0) is 6.07 Å². The quantitative estimate of drug-likeness (QED) is 0.771. The van der Waals surface area contributed by atoms with Crippen molar-refractivity contribution in [3.63, 3.8) is 0 Å². The van der Waals surface area contributed by atoms with Gasteiger partial charge in [-0.1, -0.05) is 0 Å². The van der Waals surface area contributed by atoms with Crippen molar-refractivity contribution >= 4 is 15.8 Å². The first-order valence-electron chi connectivity index (χ1n) is 5.95. The monoisotopic (exact) mass is 286 g/mol. The van der Waals surface area contributed by atoms with E-state index < -0.39 is 16.1 Å². The molecule has 2 rings (SSSR count). The Morgan fingerprint density at radius 2 is 2.21 bits per heavy atom. The summed E-state index contributed by atoms with van der Waals surface area (Å²) in [6.45, 7) is 0.992. The van der Waals surface area contributed by atoms with Crippen LogP contribution in [-0.4, -0.2) is 62.7 Å². The van der Waals surface area contributed by atoms with Crippen molar-refractivity contribution in [1.29, 1.82) is 0 Å². The van der Waals surface area contributed by atoms with Gasteiger partial charge >= 0.3 is 0 Å². The first-order valence-corrected chi connectivity index (χ1v) is 7.80. The number of aromatic nitrogens is 2. The zero-order chi connectivity index (χ0) is 14.0. The van der Waals surface area contributed by atoms with Crippen molar-refractivity contribution in [2.75, 3.05) is 44.9 Å². The lowest BCUT2D eigenvalue weighted by molar-refractivity contribution is -0.00727. The van der Waals surface area contributed by atoms with Crippen LogP contribution in [-0.2, 0) is 14.8 Å². The van der Waals surface area contributed by atoms with Crippen molar-refractivity contribution in [2.45, 2.75) is 6.10 Å². The zero-order valence-electron chi connectivity index (χ0n) is 11.3. The molecule has 0 bridgehead atoms. The first-order chi connectivity index (χ1) is 8.88. The zero-order valence-corrected chi connectivity index (χ0v) is 12.1. The average Bonchev–Trinajstić information content (AvgIpc) is 2.38. The third-order valence-corrected chi connectivity index (χ3v) is 4.17. The summed E-state index contributed by atoms with van der Waals surface area (Å²) in [7, 11) is 0.565. The van der Waals surface area contributed by atoms with E-state index in [1.807, 2.05) is 19.0 Å². The molecule has 0 unspecified atom stereocenters. The van der Waals surface area contributed by atoms with Crippen LogP contribution < -0.4 is 4.90 Å². The van der Waals surface area contributed by atoms with Gasteiger partial charge in [0, 0.05) is 33.4 Å². The second-order valence-corrected chi connectivity index (χ2v) is 6.63. The van der Waals surface area contributed by atoms with Crippen LogP contribution in [0.2, 0.25) is 0 Å². The fraction of sp³-hybridized carbons (Fsp3) is 0.636. The van der Waals surface area contributed by atoms with E-state index >= 15 is 0 Å². The maximum Gasteiger partial charge on any atom is 0.211 e. The molecule has 0 radical (unpaired) electrons. The lowest BCUT2D eigenvalue weighted by Crippen LogP contribution is -2.42. The molecule has 0 N–H and O–H groups in total. The Hall–Kier alpha value is -1.25. The standard InChI is InChI=1S/C11H18N4O3S/c1-14(2)10-4-5-12-11(13-10)9-8-15(6-7-18-9)19(3,16)17/h4-5,9H,6-8H2,1-3H3/t9-/m1/s1. The molecule has 0 spiro atoms. The summed E-state index contributed by atoms with van der Waals surface area (Å²) >= 11 is 0. The highest BCUT2D eigenvalue weighted by atomic mass is 32.2. The molecular formula is C11H18N4O3S. The maximum atomic E-state index is 11.6. The average molecular weight is 286 g/mol. The van der Waals surface area contributed by atoms with Crippen molar-refractivity contribution < 1.29 is 13.2 Å². The van der Waals surface area contributed by atoms with Crippen LogP contribution in [0, 0.1) is 0 Å². The van der Waals surface area contributed by atoms with E-state index in [0.29, 0.717) is 19.0 Å². The van der Waals surface area contributed by atoms with E-state index in [1.54, 1.807) is 12.3 Å². The van der Waals surface area contributed by atoms with E-state index in [-0.39, 0.29) is 6.54 Å². The van der Waals surface area contributed by atoms with Crippen LogP contribution in [0.5, 0.6) is 0 Å². The van der Waals surface area contributed by atoms with Crippen molar-refractivity contribution in [3.8, 4) is 0 Å². The molecule has 1 aromatic heterocycles. The van der Waals surface area contributed by atoms with Gasteiger partial charge in [-0.25, -0.2) is 18.4 Å². The van der Waals surface area contributed by atoms with Crippen LogP contribution in [0.15, 0.2) is 12.3 Å². The third kappa shape index (κ3) is 3.40.